The summed E-state index contributed by atoms with van der Waals surface area (Å²) in [5, 5.41) is 3.05. The maximum absolute atomic E-state index is 12.3. The van der Waals surface area contributed by atoms with Crippen LogP contribution in [0.2, 0.25) is 0 Å². The molecule has 226 valence electrons. The first-order chi connectivity index (χ1) is 19.1. The fourth-order valence-corrected chi connectivity index (χ4v) is 5.00. The summed E-state index contributed by atoms with van der Waals surface area (Å²) in [6.07, 6.45) is 27.6. The van der Waals surface area contributed by atoms with Gasteiger partial charge in [0.15, 0.2) is 11.5 Å². The maximum Gasteiger partial charge on any atom is 0.220 e. The van der Waals surface area contributed by atoms with E-state index >= 15 is 0 Å². The highest BCUT2D eigenvalue weighted by molar-refractivity contribution is 5.75. The highest BCUT2D eigenvalue weighted by Crippen LogP contribution is 2.28. The van der Waals surface area contributed by atoms with E-state index in [-0.39, 0.29) is 5.91 Å². The fourth-order valence-electron chi connectivity index (χ4n) is 5.00. The van der Waals surface area contributed by atoms with Gasteiger partial charge in [-0.25, -0.2) is 0 Å². The predicted molar refractivity (Wildman–Crippen MR) is 168 cm³/mol. The molecule has 0 aromatic heterocycles. The monoisotopic (exact) mass is 545 g/mol. The molecule has 1 N–H and O–H groups in total. The molecule has 4 nitrogen and oxygen atoms in total. The Hall–Kier alpha value is -1.71. The van der Waals surface area contributed by atoms with E-state index in [1.165, 1.54) is 109 Å². The first-order valence-corrected chi connectivity index (χ1v) is 16.6. The molecule has 1 aromatic carbocycles. The standard InChI is InChI=1S/C35H63NO3/c1-5-6-7-8-9-10-11-12-13-14-15-16-17-18-19-20-21-22-23-24-35(37)36-30-32-25-26-33(34(29-32)38-4)39-28-27-31(2)3/h25-26,29,31H,5-24,27-28,30H2,1-4H3,(H,36,37). The van der Waals surface area contributed by atoms with Crippen LogP contribution in [0.4, 0.5) is 0 Å². The van der Waals surface area contributed by atoms with Gasteiger partial charge in [0.05, 0.1) is 13.7 Å². The van der Waals surface area contributed by atoms with Gasteiger partial charge in [0, 0.05) is 13.0 Å². The first-order valence-electron chi connectivity index (χ1n) is 16.6. The van der Waals surface area contributed by atoms with Crippen LogP contribution in [0.1, 0.15) is 161 Å². The SMILES string of the molecule is CCCCCCCCCCCCCCCCCCCCCC(=O)NCc1ccc(OCCC(C)C)c(OC)c1. The van der Waals surface area contributed by atoms with E-state index in [2.05, 4.69) is 26.1 Å². The molecule has 0 bridgehead atoms. The molecule has 39 heavy (non-hydrogen) atoms. The summed E-state index contributed by atoms with van der Waals surface area (Å²) in [4.78, 5) is 12.3. The minimum absolute atomic E-state index is 0.137. The number of benzene rings is 1. The van der Waals surface area contributed by atoms with Crippen LogP contribution < -0.4 is 14.8 Å². The summed E-state index contributed by atoms with van der Waals surface area (Å²) in [5.41, 5.74) is 1.03. The van der Waals surface area contributed by atoms with Gasteiger partial charge < -0.3 is 14.8 Å². The van der Waals surface area contributed by atoms with Crippen molar-refractivity contribution in [2.24, 2.45) is 5.92 Å². The van der Waals surface area contributed by atoms with Crippen molar-refractivity contribution in [3.8, 4) is 11.5 Å². The van der Waals surface area contributed by atoms with Crippen molar-refractivity contribution in [2.75, 3.05) is 13.7 Å². The van der Waals surface area contributed by atoms with Gasteiger partial charge in [-0.3, -0.25) is 4.79 Å². The molecule has 1 amide bonds. The van der Waals surface area contributed by atoms with Crippen molar-refractivity contribution < 1.29 is 14.3 Å². The Labute approximate surface area is 242 Å². The number of hydrogen-bond acceptors (Lipinski definition) is 3. The zero-order chi connectivity index (χ0) is 28.4. The van der Waals surface area contributed by atoms with Crippen molar-refractivity contribution in [2.45, 2.75) is 162 Å². The zero-order valence-corrected chi connectivity index (χ0v) is 26.3. The van der Waals surface area contributed by atoms with E-state index in [0.29, 0.717) is 25.5 Å². The normalized spacial score (nSPS) is 11.2. The molecule has 0 saturated heterocycles. The van der Waals surface area contributed by atoms with Crippen LogP contribution in [0.5, 0.6) is 11.5 Å². The maximum atomic E-state index is 12.3. The molecule has 0 aliphatic rings. The molecule has 0 atom stereocenters. The number of amides is 1. The van der Waals surface area contributed by atoms with E-state index in [4.69, 9.17) is 9.47 Å². The summed E-state index contributed by atoms with van der Waals surface area (Å²) in [6, 6.07) is 5.91. The lowest BCUT2D eigenvalue weighted by molar-refractivity contribution is -0.121. The number of methoxy groups -OCH3 is 1. The van der Waals surface area contributed by atoms with Crippen LogP contribution in [-0.4, -0.2) is 19.6 Å². The molecule has 0 radical (unpaired) electrons. The van der Waals surface area contributed by atoms with Gasteiger partial charge in [-0.15, -0.1) is 0 Å². The number of nitrogens with one attached hydrogen (secondary N) is 1. The molecule has 0 aliphatic carbocycles. The van der Waals surface area contributed by atoms with Crippen LogP contribution in [0, 0.1) is 5.92 Å². The van der Waals surface area contributed by atoms with E-state index < -0.39 is 0 Å². The van der Waals surface area contributed by atoms with Gasteiger partial charge >= 0.3 is 0 Å². The van der Waals surface area contributed by atoms with Gasteiger partial charge in [-0.05, 0) is 36.5 Å². The zero-order valence-electron chi connectivity index (χ0n) is 26.3. The molecular formula is C35H63NO3. The largest absolute Gasteiger partial charge is 0.493 e. The molecule has 0 spiro atoms. The molecule has 1 rings (SSSR count). The number of carbonyl (C=O) groups is 1. The lowest BCUT2D eigenvalue weighted by atomic mass is 10.0. The Bertz CT molecular complexity index is 703. The molecule has 0 heterocycles. The Kier molecular flexibility index (Phi) is 22.9. The summed E-state index contributed by atoms with van der Waals surface area (Å²) in [5.74, 6) is 2.24. The Morgan fingerprint density at radius 3 is 1.67 bits per heavy atom. The van der Waals surface area contributed by atoms with Gasteiger partial charge in [0.25, 0.3) is 0 Å². The quantitative estimate of drug-likeness (QED) is 0.112. The fraction of sp³-hybridized carbons (Fsp3) is 0.800. The number of carbonyl (C=O) groups excluding carboxylic acids is 1. The Morgan fingerprint density at radius 2 is 1.21 bits per heavy atom. The average Bonchev–Trinajstić information content (AvgIpc) is 2.93. The van der Waals surface area contributed by atoms with Crippen molar-refractivity contribution in [3.05, 3.63) is 23.8 Å². The summed E-state index contributed by atoms with van der Waals surface area (Å²) in [7, 11) is 1.66. The minimum Gasteiger partial charge on any atom is -0.493 e. The highest BCUT2D eigenvalue weighted by Gasteiger charge is 2.08. The van der Waals surface area contributed by atoms with Crippen LogP contribution in [-0.2, 0) is 11.3 Å². The second-order valence-corrected chi connectivity index (χ2v) is 11.9. The predicted octanol–water partition coefficient (Wildman–Crippen LogP) is 10.6. The summed E-state index contributed by atoms with van der Waals surface area (Å²) in [6.45, 7) is 7.88. The van der Waals surface area contributed by atoms with Gasteiger partial charge in [0.1, 0.15) is 0 Å². The van der Waals surface area contributed by atoms with E-state index in [1.54, 1.807) is 7.11 Å². The topological polar surface area (TPSA) is 47.6 Å². The molecule has 4 heteroatoms. The Morgan fingerprint density at radius 1 is 0.718 bits per heavy atom. The van der Waals surface area contributed by atoms with Crippen molar-refractivity contribution in [3.63, 3.8) is 0 Å². The molecule has 1 aromatic rings. The third-order valence-electron chi connectivity index (χ3n) is 7.68. The number of rotatable bonds is 27. The van der Waals surface area contributed by atoms with E-state index in [1.807, 2.05) is 18.2 Å². The van der Waals surface area contributed by atoms with E-state index in [0.717, 1.165) is 36.3 Å². The Balaban J connectivity index is 1.92. The van der Waals surface area contributed by atoms with Crippen molar-refractivity contribution in [1.82, 2.24) is 5.32 Å². The van der Waals surface area contributed by atoms with Crippen LogP contribution in [0.15, 0.2) is 18.2 Å². The highest BCUT2D eigenvalue weighted by atomic mass is 16.5. The van der Waals surface area contributed by atoms with Crippen molar-refractivity contribution in [1.29, 1.82) is 0 Å². The number of unbranched alkanes of at least 4 members (excludes halogenated alkanes) is 18. The minimum atomic E-state index is 0.137. The summed E-state index contributed by atoms with van der Waals surface area (Å²) >= 11 is 0. The van der Waals surface area contributed by atoms with E-state index in [9.17, 15) is 4.79 Å². The smallest absolute Gasteiger partial charge is 0.220 e. The van der Waals surface area contributed by atoms with Gasteiger partial charge in [0.2, 0.25) is 5.91 Å². The third-order valence-corrected chi connectivity index (χ3v) is 7.68. The molecular weight excluding hydrogens is 482 g/mol. The number of ether oxygens (including phenoxy) is 2. The lowest BCUT2D eigenvalue weighted by Crippen LogP contribution is -2.22. The average molecular weight is 546 g/mol. The third kappa shape index (κ3) is 20.8. The summed E-state index contributed by atoms with van der Waals surface area (Å²) < 4.78 is 11.3. The van der Waals surface area contributed by atoms with Gasteiger partial charge in [-0.1, -0.05) is 142 Å². The first kappa shape index (κ1) is 35.3. The van der Waals surface area contributed by atoms with Crippen LogP contribution >= 0.6 is 0 Å². The molecule has 0 saturated carbocycles. The molecule has 0 unspecified atom stereocenters. The van der Waals surface area contributed by atoms with Crippen LogP contribution in [0.25, 0.3) is 0 Å². The second kappa shape index (κ2) is 25.3. The van der Waals surface area contributed by atoms with Crippen molar-refractivity contribution >= 4 is 5.91 Å². The molecule has 0 aliphatic heterocycles. The van der Waals surface area contributed by atoms with Gasteiger partial charge in [-0.2, -0.15) is 0 Å². The number of hydrogen-bond donors (Lipinski definition) is 1. The molecule has 0 fully saturated rings. The van der Waals surface area contributed by atoms with Crippen LogP contribution in [0.3, 0.4) is 0 Å². The lowest BCUT2D eigenvalue weighted by Gasteiger charge is -2.13. The second-order valence-electron chi connectivity index (χ2n) is 11.9.